The van der Waals surface area contributed by atoms with Crippen LogP contribution in [-0.2, 0) is 19.9 Å². The Labute approximate surface area is 160 Å². The summed E-state index contributed by atoms with van der Waals surface area (Å²) in [5.41, 5.74) is 0.304. The van der Waals surface area contributed by atoms with Gasteiger partial charge in [0.2, 0.25) is 0 Å². The van der Waals surface area contributed by atoms with Gasteiger partial charge in [0.05, 0.1) is 13.2 Å². The first-order valence-corrected chi connectivity index (χ1v) is 9.23. The van der Waals surface area contributed by atoms with Crippen LogP contribution in [0.5, 0.6) is 5.75 Å². The number of benzene rings is 1. The van der Waals surface area contributed by atoms with Crippen LogP contribution in [-0.4, -0.2) is 42.1 Å². The minimum absolute atomic E-state index is 0.277. The van der Waals surface area contributed by atoms with Gasteiger partial charge >= 0.3 is 12.0 Å². The molecule has 7 nitrogen and oxygen atoms in total. The molecule has 0 aliphatic carbocycles. The molecule has 1 heterocycles. The summed E-state index contributed by atoms with van der Waals surface area (Å²) in [5.74, 6) is -0.344. The Morgan fingerprint density at radius 2 is 1.93 bits per heavy atom. The molecular weight excluding hydrogens is 348 g/mol. The molecule has 0 aromatic heterocycles. The molecule has 0 saturated carbocycles. The number of ether oxygens (including phenoxy) is 2. The van der Waals surface area contributed by atoms with E-state index < -0.39 is 29.5 Å². The number of carbonyl (C=O) groups is 3. The zero-order valence-electron chi connectivity index (χ0n) is 16.8. The van der Waals surface area contributed by atoms with Crippen LogP contribution in [0, 0.1) is 6.92 Å². The van der Waals surface area contributed by atoms with E-state index in [1.165, 1.54) is 6.92 Å². The number of methoxy groups -OCH3 is 1. The Morgan fingerprint density at radius 3 is 2.44 bits per heavy atom. The van der Waals surface area contributed by atoms with Crippen LogP contribution in [0.3, 0.4) is 0 Å². The maximum Gasteiger partial charge on any atom is 0.329 e. The molecular formula is C20H28N2O5. The number of imide groups is 1. The summed E-state index contributed by atoms with van der Waals surface area (Å²) in [6.45, 7) is 8.87. The smallest absolute Gasteiger partial charge is 0.329 e. The zero-order chi connectivity index (χ0) is 20.4. The highest BCUT2D eigenvalue weighted by atomic mass is 16.5. The fourth-order valence-corrected chi connectivity index (χ4v) is 3.21. The third kappa shape index (κ3) is 3.63. The minimum atomic E-state index is -1.21. The maximum absolute atomic E-state index is 13.2. The van der Waals surface area contributed by atoms with Crippen molar-refractivity contribution in [2.24, 2.45) is 0 Å². The van der Waals surface area contributed by atoms with E-state index in [9.17, 15) is 14.4 Å². The number of hydrogen-bond donors (Lipinski definition) is 1. The number of hydrogen-bond acceptors (Lipinski definition) is 5. The molecule has 1 saturated heterocycles. The van der Waals surface area contributed by atoms with Crippen LogP contribution in [0.25, 0.3) is 0 Å². The van der Waals surface area contributed by atoms with Gasteiger partial charge in [-0.1, -0.05) is 19.9 Å². The number of amides is 3. The summed E-state index contributed by atoms with van der Waals surface area (Å²) in [6.07, 6.45) is 0.733. The predicted octanol–water partition coefficient (Wildman–Crippen LogP) is 2.89. The second-order valence-electron chi connectivity index (χ2n) is 6.88. The quantitative estimate of drug-likeness (QED) is 0.584. The Morgan fingerprint density at radius 1 is 1.26 bits per heavy atom. The van der Waals surface area contributed by atoms with Gasteiger partial charge in [0.1, 0.15) is 17.3 Å². The first-order valence-electron chi connectivity index (χ1n) is 9.23. The molecule has 27 heavy (non-hydrogen) atoms. The van der Waals surface area contributed by atoms with Gasteiger partial charge in [-0.25, -0.2) is 14.5 Å². The average molecular weight is 376 g/mol. The van der Waals surface area contributed by atoms with Crippen LogP contribution >= 0.6 is 0 Å². The molecule has 0 spiro atoms. The molecule has 3 amide bonds. The van der Waals surface area contributed by atoms with Crippen molar-refractivity contribution >= 4 is 17.9 Å². The SMILES string of the molecule is CCC(C)OC(=O)C(C)N1C(=O)NC(CC)(c2ccc(OC)c(C)c2)C1=O. The summed E-state index contributed by atoms with van der Waals surface area (Å²) >= 11 is 0. The Balaban J connectivity index is 2.36. The molecule has 3 unspecified atom stereocenters. The summed E-state index contributed by atoms with van der Waals surface area (Å²) in [4.78, 5) is 39.2. The fourth-order valence-electron chi connectivity index (χ4n) is 3.21. The van der Waals surface area contributed by atoms with Crippen molar-refractivity contribution in [2.45, 2.75) is 65.1 Å². The number of nitrogens with one attached hydrogen (secondary N) is 1. The standard InChI is InChI=1S/C20H28N2O5/c1-7-13(4)27-17(23)14(5)22-18(24)20(8-2,21-19(22)25)15-9-10-16(26-6)12(3)11-15/h9-11,13-14H,7-8H2,1-6H3,(H,21,25). The van der Waals surface area contributed by atoms with Gasteiger partial charge in [-0.15, -0.1) is 0 Å². The average Bonchev–Trinajstić information content (AvgIpc) is 2.91. The van der Waals surface area contributed by atoms with Crippen LogP contribution < -0.4 is 10.1 Å². The molecule has 148 valence electrons. The third-order valence-corrected chi connectivity index (χ3v) is 5.16. The summed E-state index contributed by atoms with van der Waals surface area (Å²) in [6, 6.07) is 3.76. The zero-order valence-corrected chi connectivity index (χ0v) is 16.8. The van der Waals surface area contributed by atoms with Gasteiger partial charge in [-0.2, -0.15) is 0 Å². The molecule has 2 rings (SSSR count). The van der Waals surface area contributed by atoms with Crippen molar-refractivity contribution in [3.05, 3.63) is 29.3 Å². The van der Waals surface area contributed by atoms with Crippen LogP contribution in [0.15, 0.2) is 18.2 Å². The van der Waals surface area contributed by atoms with E-state index in [0.717, 1.165) is 10.5 Å². The van der Waals surface area contributed by atoms with E-state index in [0.29, 0.717) is 24.2 Å². The normalized spacial score (nSPS) is 21.6. The second kappa shape index (κ2) is 7.98. The van der Waals surface area contributed by atoms with E-state index in [1.807, 2.05) is 26.8 Å². The Hall–Kier alpha value is -2.57. The van der Waals surface area contributed by atoms with Crippen molar-refractivity contribution in [3.63, 3.8) is 0 Å². The molecule has 3 atom stereocenters. The van der Waals surface area contributed by atoms with Crippen LogP contribution in [0.4, 0.5) is 4.79 Å². The highest BCUT2D eigenvalue weighted by Gasteiger charge is 2.54. The summed E-state index contributed by atoms with van der Waals surface area (Å²) in [7, 11) is 1.58. The van der Waals surface area contributed by atoms with Gasteiger partial charge in [-0.05, 0) is 56.9 Å². The summed E-state index contributed by atoms with van der Waals surface area (Å²) in [5, 5.41) is 2.79. The first kappa shape index (κ1) is 20.7. The lowest BCUT2D eigenvalue weighted by atomic mass is 9.86. The van der Waals surface area contributed by atoms with Gasteiger partial charge < -0.3 is 14.8 Å². The van der Waals surface area contributed by atoms with Gasteiger partial charge in [0.25, 0.3) is 5.91 Å². The molecule has 1 N–H and O–H groups in total. The number of esters is 1. The van der Waals surface area contributed by atoms with E-state index in [1.54, 1.807) is 26.2 Å². The summed E-state index contributed by atoms with van der Waals surface area (Å²) < 4.78 is 10.6. The van der Waals surface area contributed by atoms with Crippen molar-refractivity contribution < 1.29 is 23.9 Å². The number of rotatable bonds is 7. The maximum atomic E-state index is 13.2. The van der Waals surface area contributed by atoms with E-state index in [2.05, 4.69) is 5.32 Å². The Bertz CT molecular complexity index is 748. The lowest BCUT2D eigenvalue weighted by molar-refractivity contribution is -0.156. The van der Waals surface area contributed by atoms with E-state index in [-0.39, 0.29) is 6.10 Å². The molecule has 1 aliphatic heterocycles. The fraction of sp³-hybridized carbons (Fsp3) is 0.550. The van der Waals surface area contributed by atoms with Crippen molar-refractivity contribution in [1.29, 1.82) is 0 Å². The number of urea groups is 1. The topological polar surface area (TPSA) is 84.9 Å². The number of aryl methyl sites for hydroxylation is 1. The molecule has 1 aromatic rings. The minimum Gasteiger partial charge on any atom is -0.496 e. The monoisotopic (exact) mass is 376 g/mol. The van der Waals surface area contributed by atoms with Crippen LogP contribution in [0.1, 0.15) is 51.7 Å². The number of nitrogens with zero attached hydrogens (tertiary/aromatic N) is 1. The van der Waals surface area contributed by atoms with Crippen molar-refractivity contribution in [1.82, 2.24) is 10.2 Å². The molecule has 1 aromatic carbocycles. The highest BCUT2D eigenvalue weighted by molar-refractivity contribution is 6.09. The first-order chi connectivity index (χ1) is 12.7. The predicted molar refractivity (Wildman–Crippen MR) is 100 cm³/mol. The number of carbonyl (C=O) groups excluding carboxylic acids is 3. The molecule has 0 radical (unpaired) electrons. The van der Waals surface area contributed by atoms with E-state index >= 15 is 0 Å². The molecule has 0 bridgehead atoms. The highest BCUT2D eigenvalue weighted by Crippen LogP contribution is 2.35. The van der Waals surface area contributed by atoms with Crippen molar-refractivity contribution in [2.75, 3.05) is 7.11 Å². The molecule has 1 aliphatic rings. The van der Waals surface area contributed by atoms with Gasteiger partial charge in [0, 0.05) is 0 Å². The van der Waals surface area contributed by atoms with E-state index in [4.69, 9.17) is 9.47 Å². The van der Waals surface area contributed by atoms with Gasteiger partial charge in [0.15, 0.2) is 0 Å². The lowest BCUT2D eigenvalue weighted by Crippen LogP contribution is -2.47. The Kier molecular flexibility index (Phi) is 6.13. The largest absolute Gasteiger partial charge is 0.496 e. The second-order valence-corrected chi connectivity index (χ2v) is 6.88. The molecule has 1 fully saturated rings. The lowest BCUT2D eigenvalue weighted by Gasteiger charge is -2.27. The van der Waals surface area contributed by atoms with Crippen molar-refractivity contribution in [3.8, 4) is 5.75 Å². The van der Waals surface area contributed by atoms with Gasteiger partial charge in [-0.3, -0.25) is 4.79 Å². The van der Waals surface area contributed by atoms with Crippen LogP contribution in [0.2, 0.25) is 0 Å². The third-order valence-electron chi connectivity index (χ3n) is 5.16. The molecule has 7 heteroatoms.